The molecule has 1 amide bonds. The Morgan fingerprint density at radius 3 is 2.59 bits per heavy atom. The van der Waals surface area contributed by atoms with Crippen molar-refractivity contribution in [2.24, 2.45) is 0 Å². The van der Waals surface area contributed by atoms with Gasteiger partial charge in [-0.3, -0.25) is 9.48 Å². The number of fused-ring (bicyclic) bond motifs is 1. The number of methoxy groups -OCH3 is 2. The number of amides is 1. The highest BCUT2D eigenvalue weighted by molar-refractivity contribution is 5.95. The molecule has 0 radical (unpaired) electrons. The lowest BCUT2D eigenvalue weighted by Crippen LogP contribution is -2.27. The lowest BCUT2D eigenvalue weighted by Gasteiger charge is -2.16. The number of anilines is 1. The molecule has 3 aromatic rings. The van der Waals surface area contributed by atoms with Crippen LogP contribution in [0.3, 0.4) is 0 Å². The minimum Gasteiger partial charge on any atom is -0.497 e. The summed E-state index contributed by atoms with van der Waals surface area (Å²) >= 11 is 0. The zero-order chi connectivity index (χ0) is 24.4. The van der Waals surface area contributed by atoms with Gasteiger partial charge in [-0.25, -0.2) is 13.8 Å². The average Bonchev–Trinajstić information content (AvgIpc) is 3.47. The van der Waals surface area contributed by atoms with Gasteiger partial charge in [0.25, 0.3) is 6.43 Å². The number of nitrogen functional groups attached to an aromatic ring is 1. The van der Waals surface area contributed by atoms with E-state index in [0.29, 0.717) is 36.6 Å². The van der Waals surface area contributed by atoms with Crippen LogP contribution in [0.5, 0.6) is 11.5 Å². The quantitative estimate of drug-likeness (QED) is 0.457. The van der Waals surface area contributed by atoms with Gasteiger partial charge in [-0.05, 0) is 30.6 Å². The Labute approximate surface area is 194 Å². The lowest BCUT2D eigenvalue weighted by molar-refractivity contribution is -0.125. The van der Waals surface area contributed by atoms with E-state index >= 15 is 0 Å². The largest absolute Gasteiger partial charge is 0.497 e. The fourth-order valence-electron chi connectivity index (χ4n) is 4.01. The molecule has 1 aromatic carbocycles. The number of nitrogens with two attached hydrogens (primary N) is 1. The van der Waals surface area contributed by atoms with E-state index in [1.165, 1.54) is 25.0 Å². The molecular weight excluding hydrogens is 444 g/mol. The standard InChI is InChI=1S/C24H23F2N5O3/c1-4-20(32)30-8-7-15(13-30)31-22-18(23(25)26)12-28-24(27)21(22)19(29-31)6-5-14-9-16(33-2)11-17(10-14)34-3/h4,9-12,15,23H,1,7-8,13H2,2-3H3,(H2,27,28)/t15-/m0/s1. The molecule has 2 aromatic heterocycles. The first kappa shape index (κ1) is 23.0. The van der Waals surface area contributed by atoms with Crippen molar-refractivity contribution in [3.8, 4) is 23.3 Å². The van der Waals surface area contributed by atoms with Crippen molar-refractivity contribution in [1.29, 1.82) is 0 Å². The molecule has 0 bridgehead atoms. The van der Waals surface area contributed by atoms with Gasteiger partial charge in [0.2, 0.25) is 5.91 Å². The normalized spacial score (nSPS) is 15.3. The molecule has 176 valence electrons. The van der Waals surface area contributed by atoms with Crippen LogP contribution in [0.15, 0.2) is 37.1 Å². The van der Waals surface area contributed by atoms with Crippen LogP contribution in [0.25, 0.3) is 10.9 Å². The van der Waals surface area contributed by atoms with Crippen molar-refractivity contribution < 1.29 is 23.0 Å². The summed E-state index contributed by atoms with van der Waals surface area (Å²) in [5.41, 5.74) is 6.79. The smallest absolute Gasteiger partial charge is 0.267 e. The Kier molecular flexibility index (Phi) is 6.36. The van der Waals surface area contributed by atoms with Gasteiger partial charge in [0.15, 0.2) is 0 Å². The van der Waals surface area contributed by atoms with Crippen LogP contribution in [-0.4, -0.2) is 52.9 Å². The van der Waals surface area contributed by atoms with Crippen LogP contribution in [0, 0.1) is 11.8 Å². The van der Waals surface area contributed by atoms with Crippen LogP contribution in [0.1, 0.15) is 35.7 Å². The zero-order valence-electron chi connectivity index (χ0n) is 18.7. The molecule has 0 unspecified atom stereocenters. The maximum Gasteiger partial charge on any atom is 0.267 e. The van der Waals surface area contributed by atoms with Crippen molar-refractivity contribution in [3.63, 3.8) is 0 Å². The molecule has 0 spiro atoms. The molecule has 1 aliphatic rings. The number of hydrogen-bond donors (Lipinski definition) is 1. The molecule has 0 saturated carbocycles. The maximum absolute atomic E-state index is 13.9. The fraction of sp³-hybridized carbons (Fsp3) is 0.292. The van der Waals surface area contributed by atoms with Crippen LogP contribution >= 0.6 is 0 Å². The topological polar surface area (TPSA) is 95.5 Å². The fourth-order valence-corrected chi connectivity index (χ4v) is 4.01. The summed E-state index contributed by atoms with van der Waals surface area (Å²) < 4.78 is 39.9. The molecule has 3 heterocycles. The molecule has 2 N–H and O–H groups in total. The monoisotopic (exact) mass is 467 g/mol. The maximum atomic E-state index is 13.9. The summed E-state index contributed by atoms with van der Waals surface area (Å²) in [6.45, 7) is 4.29. The molecular formula is C24H23F2N5O3. The molecule has 0 aliphatic carbocycles. The SMILES string of the molecule is C=CC(=O)N1CC[C@H](n2nc(C#Cc3cc(OC)cc(OC)c3)c3c(N)ncc(C(F)F)c32)C1. The number of aromatic nitrogens is 3. The molecule has 8 nitrogen and oxygen atoms in total. The van der Waals surface area contributed by atoms with E-state index in [0.717, 1.165) is 6.20 Å². The van der Waals surface area contributed by atoms with Crippen molar-refractivity contribution in [2.45, 2.75) is 18.9 Å². The Bertz CT molecular complexity index is 1300. The molecule has 34 heavy (non-hydrogen) atoms. The van der Waals surface area contributed by atoms with Crippen LogP contribution in [0.2, 0.25) is 0 Å². The van der Waals surface area contributed by atoms with Gasteiger partial charge in [0, 0.05) is 30.9 Å². The summed E-state index contributed by atoms with van der Waals surface area (Å²) in [4.78, 5) is 17.6. The van der Waals surface area contributed by atoms with Crippen LogP contribution in [-0.2, 0) is 4.79 Å². The second kappa shape index (κ2) is 9.39. The number of alkyl halides is 2. The number of rotatable bonds is 5. The van der Waals surface area contributed by atoms with E-state index in [9.17, 15) is 13.6 Å². The third-order valence-electron chi connectivity index (χ3n) is 5.69. The highest BCUT2D eigenvalue weighted by Crippen LogP contribution is 2.35. The minimum absolute atomic E-state index is 0.0511. The zero-order valence-corrected chi connectivity index (χ0v) is 18.7. The van der Waals surface area contributed by atoms with E-state index < -0.39 is 6.43 Å². The van der Waals surface area contributed by atoms with E-state index in [4.69, 9.17) is 15.2 Å². The summed E-state index contributed by atoms with van der Waals surface area (Å²) in [5, 5.41) is 4.82. The molecule has 10 heteroatoms. The first-order valence-electron chi connectivity index (χ1n) is 10.5. The summed E-state index contributed by atoms with van der Waals surface area (Å²) in [7, 11) is 3.06. The Balaban J connectivity index is 1.85. The van der Waals surface area contributed by atoms with Crippen molar-refractivity contribution in [3.05, 3.63) is 53.9 Å². The third kappa shape index (κ3) is 4.24. The van der Waals surface area contributed by atoms with Gasteiger partial charge in [0.05, 0.1) is 36.7 Å². The summed E-state index contributed by atoms with van der Waals surface area (Å²) in [5.74, 6) is 6.87. The minimum atomic E-state index is -2.79. The van der Waals surface area contributed by atoms with Crippen molar-refractivity contribution >= 4 is 22.6 Å². The van der Waals surface area contributed by atoms with Gasteiger partial charge in [-0.1, -0.05) is 12.5 Å². The van der Waals surface area contributed by atoms with Gasteiger partial charge in [-0.15, -0.1) is 0 Å². The molecule has 1 atom stereocenters. The second-order valence-corrected chi connectivity index (χ2v) is 7.70. The Morgan fingerprint density at radius 1 is 1.26 bits per heavy atom. The number of hydrogen-bond acceptors (Lipinski definition) is 6. The number of nitrogens with zero attached hydrogens (tertiary/aromatic N) is 4. The van der Waals surface area contributed by atoms with Gasteiger partial charge >= 0.3 is 0 Å². The lowest BCUT2D eigenvalue weighted by atomic mass is 10.1. The molecule has 4 rings (SSSR count). The first-order chi connectivity index (χ1) is 16.4. The average molecular weight is 467 g/mol. The predicted molar refractivity (Wildman–Crippen MR) is 123 cm³/mol. The number of carbonyl (C=O) groups is 1. The first-order valence-corrected chi connectivity index (χ1v) is 10.5. The number of carbonyl (C=O) groups excluding carboxylic acids is 1. The van der Waals surface area contributed by atoms with Gasteiger partial charge < -0.3 is 20.1 Å². The van der Waals surface area contributed by atoms with E-state index in [1.807, 2.05) is 0 Å². The van der Waals surface area contributed by atoms with E-state index in [2.05, 4.69) is 28.5 Å². The number of pyridine rings is 1. The number of halogens is 2. The van der Waals surface area contributed by atoms with E-state index in [1.54, 1.807) is 23.1 Å². The van der Waals surface area contributed by atoms with Gasteiger partial charge in [-0.2, -0.15) is 5.10 Å². The highest BCUT2D eigenvalue weighted by Gasteiger charge is 2.31. The summed E-state index contributed by atoms with van der Waals surface area (Å²) in [6, 6.07) is 4.83. The number of benzene rings is 1. The Hall–Kier alpha value is -4.13. The van der Waals surface area contributed by atoms with Crippen molar-refractivity contribution in [2.75, 3.05) is 33.0 Å². The molecule has 1 fully saturated rings. The molecule has 1 saturated heterocycles. The second-order valence-electron chi connectivity index (χ2n) is 7.70. The van der Waals surface area contributed by atoms with Crippen LogP contribution < -0.4 is 15.2 Å². The van der Waals surface area contributed by atoms with Gasteiger partial charge in [0.1, 0.15) is 23.0 Å². The third-order valence-corrected chi connectivity index (χ3v) is 5.69. The predicted octanol–water partition coefficient (Wildman–Crippen LogP) is 3.33. The highest BCUT2D eigenvalue weighted by atomic mass is 19.3. The van der Waals surface area contributed by atoms with Crippen LogP contribution in [0.4, 0.5) is 14.6 Å². The number of likely N-dealkylation sites (tertiary alicyclic amines) is 1. The number of ether oxygens (including phenoxy) is 2. The van der Waals surface area contributed by atoms with E-state index in [-0.39, 0.29) is 39.9 Å². The molecule has 1 aliphatic heterocycles. The van der Waals surface area contributed by atoms with Crippen molar-refractivity contribution in [1.82, 2.24) is 19.7 Å². The Morgan fingerprint density at radius 2 is 1.97 bits per heavy atom. The summed E-state index contributed by atoms with van der Waals surface area (Å²) in [6.07, 6.45) is 0.0462.